The van der Waals surface area contributed by atoms with E-state index in [0.29, 0.717) is 21.9 Å². The first-order chi connectivity index (χ1) is 14.2. The number of rotatable bonds is 5. The van der Waals surface area contributed by atoms with E-state index in [1.165, 1.54) is 33.6 Å². The first kappa shape index (κ1) is 17.8. The lowest BCUT2D eigenvalue weighted by atomic mass is 10.2. The third kappa shape index (κ3) is 3.34. The molecule has 0 radical (unpaired) electrons. The zero-order valence-electron chi connectivity index (χ0n) is 15.2. The van der Waals surface area contributed by atoms with E-state index in [4.69, 9.17) is 9.26 Å². The fourth-order valence-electron chi connectivity index (χ4n) is 2.93. The number of benzene rings is 1. The van der Waals surface area contributed by atoms with E-state index in [1.54, 1.807) is 7.11 Å². The second-order valence-corrected chi connectivity index (χ2v) is 8.22. The Morgan fingerprint density at radius 2 is 2.03 bits per heavy atom. The summed E-state index contributed by atoms with van der Waals surface area (Å²) >= 11 is 2.94. The molecule has 0 unspecified atom stereocenters. The van der Waals surface area contributed by atoms with E-state index < -0.39 is 0 Å². The molecule has 0 aliphatic heterocycles. The van der Waals surface area contributed by atoms with Crippen molar-refractivity contribution in [3.63, 3.8) is 0 Å². The number of methoxy groups -OCH3 is 1. The molecule has 9 heteroatoms. The topological polar surface area (TPSA) is 83.0 Å². The van der Waals surface area contributed by atoms with Gasteiger partial charge in [0.1, 0.15) is 10.4 Å². The zero-order chi connectivity index (χ0) is 19.8. The maximum atomic E-state index is 12.9. The average molecular weight is 422 g/mol. The summed E-state index contributed by atoms with van der Waals surface area (Å²) in [6, 6.07) is 13.5. The van der Waals surface area contributed by atoms with Crippen LogP contribution in [0, 0.1) is 0 Å². The minimum Gasteiger partial charge on any atom is -0.497 e. The number of nitrogens with zero attached hydrogens (tertiary/aromatic N) is 4. The zero-order valence-corrected chi connectivity index (χ0v) is 16.9. The van der Waals surface area contributed by atoms with Crippen molar-refractivity contribution in [1.29, 1.82) is 0 Å². The number of fused-ring (bicyclic) bond motifs is 1. The Morgan fingerprint density at radius 1 is 1.17 bits per heavy atom. The van der Waals surface area contributed by atoms with Crippen molar-refractivity contribution in [2.45, 2.75) is 6.54 Å². The summed E-state index contributed by atoms with van der Waals surface area (Å²) in [4.78, 5) is 23.6. The van der Waals surface area contributed by atoms with Gasteiger partial charge in [-0.1, -0.05) is 11.2 Å². The molecule has 0 amide bonds. The van der Waals surface area contributed by atoms with Crippen molar-refractivity contribution in [2.24, 2.45) is 0 Å². The molecule has 0 N–H and O–H groups in total. The summed E-state index contributed by atoms with van der Waals surface area (Å²) in [5.74, 6) is 1.68. The first-order valence-electron chi connectivity index (χ1n) is 8.71. The number of ether oxygens (including phenoxy) is 1. The molecule has 4 heterocycles. The van der Waals surface area contributed by atoms with Gasteiger partial charge in [-0.15, -0.1) is 22.7 Å². The van der Waals surface area contributed by atoms with Crippen LogP contribution in [0.2, 0.25) is 0 Å². The van der Waals surface area contributed by atoms with Gasteiger partial charge in [-0.25, -0.2) is 4.98 Å². The first-order valence-corrected chi connectivity index (χ1v) is 10.4. The largest absolute Gasteiger partial charge is 0.497 e. The molecule has 0 aliphatic rings. The Morgan fingerprint density at radius 3 is 2.79 bits per heavy atom. The molecule has 0 saturated heterocycles. The molecule has 5 rings (SSSR count). The molecule has 0 bridgehead atoms. The highest BCUT2D eigenvalue weighted by atomic mass is 32.1. The highest BCUT2D eigenvalue weighted by molar-refractivity contribution is 7.22. The molecule has 144 valence electrons. The monoisotopic (exact) mass is 422 g/mol. The summed E-state index contributed by atoms with van der Waals surface area (Å²) in [6.07, 6.45) is 1.52. The fourth-order valence-corrected chi connectivity index (χ4v) is 4.64. The second-order valence-electron chi connectivity index (χ2n) is 6.22. The normalized spacial score (nSPS) is 11.2. The van der Waals surface area contributed by atoms with Crippen LogP contribution in [0.15, 0.2) is 63.5 Å². The predicted octanol–water partition coefficient (Wildman–Crippen LogP) is 4.29. The summed E-state index contributed by atoms with van der Waals surface area (Å²) < 4.78 is 12.6. The van der Waals surface area contributed by atoms with E-state index >= 15 is 0 Å². The molecule has 0 fully saturated rings. The molecule has 29 heavy (non-hydrogen) atoms. The lowest BCUT2D eigenvalue weighted by Crippen LogP contribution is -2.20. The van der Waals surface area contributed by atoms with Gasteiger partial charge in [-0.3, -0.25) is 9.36 Å². The van der Waals surface area contributed by atoms with Crippen LogP contribution < -0.4 is 10.3 Å². The number of thiophene rings is 2. The van der Waals surface area contributed by atoms with Crippen LogP contribution in [0.25, 0.3) is 31.4 Å². The lowest BCUT2D eigenvalue weighted by Gasteiger charge is -2.00. The van der Waals surface area contributed by atoms with Crippen LogP contribution in [-0.4, -0.2) is 26.8 Å². The molecule has 1 aromatic carbocycles. The molecule has 0 spiro atoms. The second kappa shape index (κ2) is 7.26. The van der Waals surface area contributed by atoms with Crippen LogP contribution in [0.3, 0.4) is 0 Å². The Kier molecular flexibility index (Phi) is 4.45. The van der Waals surface area contributed by atoms with Gasteiger partial charge >= 0.3 is 0 Å². The SMILES string of the molecule is COc1ccc(-c2cc3ncn(Cc4noc(-c5cccs5)n4)c(=O)c3s2)cc1. The summed E-state index contributed by atoms with van der Waals surface area (Å²) in [7, 11) is 1.63. The van der Waals surface area contributed by atoms with Gasteiger partial charge in [-0.05, 0) is 47.3 Å². The third-order valence-corrected chi connectivity index (χ3v) is 6.41. The standard InChI is InChI=1S/C20H14N4O3S2/c1-26-13-6-4-12(5-7-13)16-9-14-18(29-16)20(25)24(11-21-14)10-17-22-19(27-23-17)15-3-2-8-28-15/h2-9,11H,10H2,1H3. The van der Waals surface area contributed by atoms with Crippen LogP contribution in [-0.2, 0) is 6.54 Å². The Labute approximate surface area is 172 Å². The van der Waals surface area contributed by atoms with Crippen LogP contribution >= 0.6 is 22.7 Å². The van der Waals surface area contributed by atoms with Crippen molar-refractivity contribution >= 4 is 32.9 Å². The molecule has 5 aromatic rings. The number of hydrogen-bond acceptors (Lipinski definition) is 8. The number of hydrogen-bond donors (Lipinski definition) is 0. The van der Waals surface area contributed by atoms with Crippen LogP contribution in [0.5, 0.6) is 5.75 Å². The predicted molar refractivity (Wildman–Crippen MR) is 113 cm³/mol. The van der Waals surface area contributed by atoms with E-state index in [-0.39, 0.29) is 12.1 Å². The third-order valence-electron chi connectivity index (χ3n) is 4.39. The van der Waals surface area contributed by atoms with Crippen LogP contribution in [0.4, 0.5) is 0 Å². The fraction of sp³-hybridized carbons (Fsp3) is 0.100. The van der Waals surface area contributed by atoms with Crippen molar-refractivity contribution in [3.05, 3.63) is 70.4 Å². The quantitative estimate of drug-likeness (QED) is 0.420. The molecular formula is C20H14N4O3S2. The Bertz CT molecular complexity index is 1330. The van der Waals surface area contributed by atoms with Gasteiger partial charge in [0.15, 0.2) is 5.82 Å². The van der Waals surface area contributed by atoms with Crippen LogP contribution in [0.1, 0.15) is 5.82 Å². The molecule has 0 aliphatic carbocycles. The summed E-state index contributed by atoms with van der Waals surface area (Å²) in [5.41, 5.74) is 1.56. The highest BCUT2D eigenvalue weighted by Gasteiger charge is 2.14. The van der Waals surface area contributed by atoms with Gasteiger partial charge < -0.3 is 9.26 Å². The highest BCUT2D eigenvalue weighted by Crippen LogP contribution is 2.31. The summed E-state index contributed by atoms with van der Waals surface area (Å²) in [5, 5.41) is 5.93. The van der Waals surface area contributed by atoms with Gasteiger partial charge in [-0.2, -0.15) is 4.98 Å². The minimum absolute atomic E-state index is 0.123. The number of aromatic nitrogens is 4. The Balaban J connectivity index is 1.46. The smallest absolute Gasteiger partial charge is 0.271 e. The summed E-state index contributed by atoms with van der Waals surface area (Å²) in [6.45, 7) is 0.201. The van der Waals surface area contributed by atoms with Crippen molar-refractivity contribution in [2.75, 3.05) is 7.11 Å². The maximum Gasteiger partial charge on any atom is 0.271 e. The average Bonchev–Trinajstić information content (AvgIpc) is 3.50. The van der Waals surface area contributed by atoms with E-state index in [0.717, 1.165) is 21.1 Å². The van der Waals surface area contributed by atoms with Crippen molar-refractivity contribution in [3.8, 4) is 27.0 Å². The van der Waals surface area contributed by atoms with E-state index in [2.05, 4.69) is 15.1 Å². The maximum absolute atomic E-state index is 12.9. The Hall–Kier alpha value is -3.30. The van der Waals surface area contributed by atoms with Gasteiger partial charge in [0.2, 0.25) is 0 Å². The van der Waals surface area contributed by atoms with E-state index in [1.807, 2.05) is 47.8 Å². The lowest BCUT2D eigenvalue weighted by molar-refractivity contribution is 0.415. The van der Waals surface area contributed by atoms with Crippen molar-refractivity contribution in [1.82, 2.24) is 19.7 Å². The van der Waals surface area contributed by atoms with E-state index in [9.17, 15) is 4.79 Å². The van der Waals surface area contributed by atoms with Gasteiger partial charge in [0, 0.05) is 4.88 Å². The molecule has 4 aromatic heterocycles. The molecular weight excluding hydrogens is 408 g/mol. The molecule has 0 saturated carbocycles. The molecule has 7 nitrogen and oxygen atoms in total. The molecule has 0 atom stereocenters. The van der Waals surface area contributed by atoms with Crippen molar-refractivity contribution < 1.29 is 9.26 Å². The van der Waals surface area contributed by atoms with Gasteiger partial charge in [0.25, 0.3) is 11.4 Å². The van der Waals surface area contributed by atoms with Gasteiger partial charge in [0.05, 0.1) is 30.4 Å². The minimum atomic E-state index is -0.123.